The third kappa shape index (κ3) is 1.27. The summed E-state index contributed by atoms with van der Waals surface area (Å²) in [4.78, 5) is 9.57. The van der Waals surface area contributed by atoms with E-state index >= 15 is 0 Å². The van der Waals surface area contributed by atoms with Crippen molar-refractivity contribution in [2.45, 2.75) is 18.7 Å². The van der Waals surface area contributed by atoms with Gasteiger partial charge in [0.2, 0.25) is 0 Å². The summed E-state index contributed by atoms with van der Waals surface area (Å²) in [7, 11) is 0. The molecule has 0 saturated carbocycles. The molecule has 0 saturated heterocycles. The Kier molecular flexibility index (Phi) is 2.29. The molecule has 0 heterocycles. The standard InChI is InChI=1S/C9H11ClO2/c1-6-4-3-5-9(10,7(6)2)8(11)12/h3-5,7H,1-2H3,(H,11,12). The number of carbonyl (C=O) groups is 1. The van der Waals surface area contributed by atoms with Crippen LogP contribution in [0.2, 0.25) is 0 Å². The van der Waals surface area contributed by atoms with Gasteiger partial charge in [-0.05, 0) is 6.92 Å². The number of carboxylic acid groups (broad SMARTS) is 1. The molecule has 3 heteroatoms. The minimum absolute atomic E-state index is 0.151. The predicted octanol–water partition coefficient (Wildman–Crippen LogP) is 2.20. The molecule has 2 atom stereocenters. The molecule has 2 unspecified atom stereocenters. The SMILES string of the molecule is CC1=CC=CC(Cl)(C(=O)O)C1C. The van der Waals surface area contributed by atoms with E-state index in [4.69, 9.17) is 16.7 Å². The van der Waals surface area contributed by atoms with Crippen LogP contribution >= 0.6 is 11.6 Å². The number of hydrogen-bond donors (Lipinski definition) is 1. The molecular formula is C9H11ClO2. The summed E-state index contributed by atoms with van der Waals surface area (Å²) in [6, 6.07) is 0. The van der Waals surface area contributed by atoms with Crippen LogP contribution in [0.3, 0.4) is 0 Å². The zero-order valence-electron chi connectivity index (χ0n) is 7.04. The smallest absolute Gasteiger partial charge is 0.329 e. The third-order valence-corrected chi connectivity index (χ3v) is 2.95. The van der Waals surface area contributed by atoms with E-state index in [0.717, 1.165) is 5.57 Å². The summed E-state index contributed by atoms with van der Waals surface area (Å²) in [5, 5.41) is 8.88. The van der Waals surface area contributed by atoms with Crippen LogP contribution in [0.4, 0.5) is 0 Å². The molecule has 0 aromatic rings. The molecule has 0 aromatic heterocycles. The highest BCUT2D eigenvalue weighted by Gasteiger charge is 2.41. The number of carboxylic acids is 1. The second-order valence-corrected chi connectivity index (χ2v) is 3.69. The molecule has 1 aliphatic rings. The topological polar surface area (TPSA) is 37.3 Å². The van der Waals surface area contributed by atoms with Gasteiger partial charge < -0.3 is 5.11 Å². The first kappa shape index (κ1) is 9.33. The van der Waals surface area contributed by atoms with E-state index in [-0.39, 0.29) is 5.92 Å². The van der Waals surface area contributed by atoms with E-state index in [0.29, 0.717) is 0 Å². The third-order valence-electron chi connectivity index (χ3n) is 2.34. The van der Waals surface area contributed by atoms with Crippen molar-refractivity contribution in [2.75, 3.05) is 0 Å². The highest BCUT2D eigenvalue weighted by molar-refractivity contribution is 6.35. The first-order valence-electron chi connectivity index (χ1n) is 3.77. The fourth-order valence-electron chi connectivity index (χ4n) is 1.22. The van der Waals surface area contributed by atoms with Crippen LogP contribution in [0.1, 0.15) is 13.8 Å². The average molecular weight is 187 g/mol. The monoisotopic (exact) mass is 186 g/mol. The molecule has 0 fully saturated rings. The molecule has 0 spiro atoms. The molecular weight excluding hydrogens is 176 g/mol. The van der Waals surface area contributed by atoms with E-state index in [1.807, 2.05) is 19.9 Å². The number of rotatable bonds is 1. The molecule has 2 nitrogen and oxygen atoms in total. The van der Waals surface area contributed by atoms with Gasteiger partial charge in [-0.3, -0.25) is 0 Å². The Bertz CT molecular complexity index is 268. The average Bonchev–Trinajstić information content (AvgIpc) is 2.00. The Labute approximate surface area is 76.5 Å². The Balaban J connectivity index is 3.03. The van der Waals surface area contributed by atoms with Crippen molar-refractivity contribution in [1.82, 2.24) is 0 Å². The Morgan fingerprint density at radius 3 is 2.75 bits per heavy atom. The van der Waals surface area contributed by atoms with Crippen LogP contribution in [0, 0.1) is 5.92 Å². The minimum atomic E-state index is -1.25. The summed E-state index contributed by atoms with van der Waals surface area (Å²) >= 11 is 5.93. The maximum atomic E-state index is 10.8. The quantitative estimate of drug-likeness (QED) is 0.638. The van der Waals surface area contributed by atoms with Crippen molar-refractivity contribution in [3.8, 4) is 0 Å². The van der Waals surface area contributed by atoms with E-state index in [9.17, 15) is 4.79 Å². The van der Waals surface area contributed by atoms with E-state index in [1.54, 1.807) is 6.08 Å². The van der Waals surface area contributed by atoms with Gasteiger partial charge >= 0.3 is 5.97 Å². The summed E-state index contributed by atoms with van der Waals surface area (Å²) in [6.07, 6.45) is 5.10. The molecule has 12 heavy (non-hydrogen) atoms. The number of alkyl halides is 1. The van der Waals surface area contributed by atoms with E-state index in [2.05, 4.69) is 0 Å². The lowest BCUT2D eigenvalue weighted by Gasteiger charge is -2.28. The molecule has 0 radical (unpaired) electrons. The van der Waals surface area contributed by atoms with Crippen molar-refractivity contribution in [3.05, 3.63) is 23.8 Å². The summed E-state index contributed by atoms with van der Waals surface area (Å²) < 4.78 is 0. The zero-order valence-corrected chi connectivity index (χ0v) is 7.80. The van der Waals surface area contributed by atoms with E-state index < -0.39 is 10.8 Å². The van der Waals surface area contributed by atoms with Crippen LogP contribution in [0.25, 0.3) is 0 Å². The highest BCUT2D eigenvalue weighted by atomic mass is 35.5. The molecule has 0 aliphatic heterocycles. The number of halogens is 1. The Morgan fingerprint density at radius 2 is 2.33 bits per heavy atom. The van der Waals surface area contributed by atoms with Crippen LogP contribution in [-0.4, -0.2) is 16.0 Å². The van der Waals surface area contributed by atoms with Gasteiger partial charge in [-0.15, -0.1) is 11.6 Å². The fraction of sp³-hybridized carbons (Fsp3) is 0.444. The number of allylic oxidation sites excluding steroid dienone is 3. The summed E-state index contributed by atoms with van der Waals surface area (Å²) in [5.74, 6) is -1.14. The second-order valence-electron chi connectivity index (χ2n) is 3.06. The van der Waals surface area contributed by atoms with Gasteiger partial charge in [0.15, 0.2) is 4.87 Å². The lowest BCUT2D eigenvalue weighted by atomic mass is 9.83. The van der Waals surface area contributed by atoms with Gasteiger partial charge in [0.05, 0.1) is 0 Å². The molecule has 66 valence electrons. The normalized spacial score (nSPS) is 34.6. The number of hydrogen-bond acceptors (Lipinski definition) is 1. The zero-order chi connectivity index (χ0) is 9.35. The van der Waals surface area contributed by atoms with Gasteiger partial charge in [0.25, 0.3) is 0 Å². The van der Waals surface area contributed by atoms with Crippen molar-refractivity contribution in [3.63, 3.8) is 0 Å². The molecule has 1 aliphatic carbocycles. The first-order valence-corrected chi connectivity index (χ1v) is 4.14. The van der Waals surface area contributed by atoms with Crippen LogP contribution in [0.5, 0.6) is 0 Å². The fourth-order valence-corrected chi connectivity index (χ4v) is 1.46. The van der Waals surface area contributed by atoms with Gasteiger partial charge in [-0.25, -0.2) is 4.79 Å². The predicted molar refractivity (Wildman–Crippen MR) is 48.3 cm³/mol. The Morgan fingerprint density at radius 1 is 1.75 bits per heavy atom. The summed E-state index contributed by atoms with van der Waals surface area (Å²) in [6.45, 7) is 3.70. The second kappa shape index (κ2) is 2.94. The summed E-state index contributed by atoms with van der Waals surface area (Å²) in [5.41, 5.74) is 0.995. The van der Waals surface area contributed by atoms with Crippen LogP contribution in [-0.2, 0) is 4.79 Å². The van der Waals surface area contributed by atoms with Crippen LogP contribution in [0.15, 0.2) is 23.8 Å². The van der Waals surface area contributed by atoms with Crippen molar-refractivity contribution in [1.29, 1.82) is 0 Å². The Hall–Kier alpha value is -0.760. The molecule has 1 rings (SSSR count). The van der Waals surface area contributed by atoms with Crippen LogP contribution < -0.4 is 0 Å². The van der Waals surface area contributed by atoms with Gasteiger partial charge in [0.1, 0.15) is 0 Å². The lowest BCUT2D eigenvalue weighted by molar-refractivity contribution is -0.139. The lowest BCUT2D eigenvalue weighted by Crippen LogP contribution is -2.38. The molecule has 0 amide bonds. The molecule has 0 bridgehead atoms. The van der Waals surface area contributed by atoms with E-state index in [1.165, 1.54) is 6.08 Å². The first-order chi connectivity index (χ1) is 5.48. The maximum absolute atomic E-state index is 10.8. The van der Waals surface area contributed by atoms with Crippen molar-refractivity contribution >= 4 is 17.6 Å². The van der Waals surface area contributed by atoms with Gasteiger partial charge in [-0.1, -0.05) is 30.7 Å². The number of aliphatic carboxylic acids is 1. The largest absolute Gasteiger partial charge is 0.480 e. The van der Waals surface area contributed by atoms with Crippen molar-refractivity contribution in [2.24, 2.45) is 5.92 Å². The van der Waals surface area contributed by atoms with Gasteiger partial charge in [0, 0.05) is 5.92 Å². The maximum Gasteiger partial charge on any atom is 0.329 e. The van der Waals surface area contributed by atoms with Gasteiger partial charge in [-0.2, -0.15) is 0 Å². The molecule has 0 aromatic carbocycles. The minimum Gasteiger partial charge on any atom is -0.480 e. The molecule has 1 N–H and O–H groups in total. The highest BCUT2D eigenvalue weighted by Crippen LogP contribution is 2.35. The van der Waals surface area contributed by atoms with Crippen molar-refractivity contribution < 1.29 is 9.90 Å².